The van der Waals surface area contributed by atoms with E-state index >= 15 is 0 Å². The number of likely N-dealkylation sites (tertiary alicyclic amines) is 1. The molecule has 0 unspecified atom stereocenters. The fraction of sp³-hybridized carbons (Fsp3) is 0.467. The molecule has 21 heavy (non-hydrogen) atoms. The van der Waals surface area contributed by atoms with Crippen LogP contribution in [0.4, 0.5) is 5.69 Å². The van der Waals surface area contributed by atoms with Gasteiger partial charge in [0.25, 0.3) is 0 Å². The molecule has 1 heterocycles. The quantitative estimate of drug-likeness (QED) is 0.868. The van der Waals surface area contributed by atoms with Crippen LogP contribution in [0.2, 0.25) is 0 Å². The van der Waals surface area contributed by atoms with Crippen molar-refractivity contribution in [3.8, 4) is 0 Å². The van der Waals surface area contributed by atoms with E-state index in [1.807, 2.05) is 24.3 Å². The van der Waals surface area contributed by atoms with Crippen LogP contribution in [0, 0.1) is 5.92 Å². The molecule has 1 aromatic carbocycles. The summed E-state index contributed by atoms with van der Waals surface area (Å²) in [6.07, 6.45) is 1.80. The van der Waals surface area contributed by atoms with Crippen molar-refractivity contribution in [2.24, 2.45) is 11.7 Å². The highest BCUT2D eigenvalue weighted by atomic mass is 79.9. The molecular formula is C15H20BrN3O2. The van der Waals surface area contributed by atoms with Gasteiger partial charge in [-0.25, -0.2) is 0 Å². The van der Waals surface area contributed by atoms with E-state index < -0.39 is 0 Å². The monoisotopic (exact) mass is 353 g/mol. The minimum atomic E-state index is -0.0319. The zero-order chi connectivity index (χ0) is 15.2. The predicted molar refractivity (Wildman–Crippen MR) is 85.7 cm³/mol. The summed E-state index contributed by atoms with van der Waals surface area (Å²) in [7, 11) is 0. The van der Waals surface area contributed by atoms with Gasteiger partial charge in [-0.1, -0.05) is 15.9 Å². The average molecular weight is 354 g/mol. The molecule has 1 aliphatic heterocycles. The van der Waals surface area contributed by atoms with Gasteiger partial charge in [-0.2, -0.15) is 0 Å². The molecule has 0 aromatic heterocycles. The van der Waals surface area contributed by atoms with E-state index in [1.54, 1.807) is 4.90 Å². The van der Waals surface area contributed by atoms with Crippen molar-refractivity contribution in [3.05, 3.63) is 28.7 Å². The molecule has 2 amide bonds. The highest BCUT2D eigenvalue weighted by Crippen LogP contribution is 2.21. The van der Waals surface area contributed by atoms with Crippen molar-refractivity contribution in [3.63, 3.8) is 0 Å². The van der Waals surface area contributed by atoms with Crippen molar-refractivity contribution >= 4 is 33.4 Å². The summed E-state index contributed by atoms with van der Waals surface area (Å²) in [4.78, 5) is 25.7. The molecule has 0 spiro atoms. The fourth-order valence-electron chi connectivity index (χ4n) is 2.45. The Labute approximate surface area is 133 Å². The molecule has 1 fully saturated rings. The van der Waals surface area contributed by atoms with Gasteiger partial charge in [-0.05, 0) is 37.1 Å². The Kier molecular flexibility index (Phi) is 5.76. The third-order valence-electron chi connectivity index (χ3n) is 3.69. The molecule has 1 aliphatic rings. The SMILES string of the molecule is NCCC(=O)N1CCC(C(=O)Nc2ccc(Br)cc2)CC1. The lowest BCUT2D eigenvalue weighted by Crippen LogP contribution is -2.42. The largest absolute Gasteiger partial charge is 0.343 e. The number of amides is 2. The van der Waals surface area contributed by atoms with Crippen LogP contribution in [-0.2, 0) is 9.59 Å². The van der Waals surface area contributed by atoms with Gasteiger partial charge >= 0.3 is 0 Å². The summed E-state index contributed by atoms with van der Waals surface area (Å²) in [5.74, 6) is 0.0862. The van der Waals surface area contributed by atoms with Crippen molar-refractivity contribution < 1.29 is 9.59 Å². The number of anilines is 1. The smallest absolute Gasteiger partial charge is 0.227 e. The van der Waals surface area contributed by atoms with Gasteiger partial charge < -0.3 is 16.0 Å². The van der Waals surface area contributed by atoms with Crippen LogP contribution >= 0.6 is 15.9 Å². The lowest BCUT2D eigenvalue weighted by molar-refractivity contribution is -0.134. The van der Waals surface area contributed by atoms with Crippen LogP contribution in [-0.4, -0.2) is 36.3 Å². The third-order valence-corrected chi connectivity index (χ3v) is 4.22. The first-order valence-electron chi connectivity index (χ1n) is 7.14. The molecule has 1 saturated heterocycles. The third kappa shape index (κ3) is 4.54. The Morgan fingerprint density at radius 3 is 2.43 bits per heavy atom. The number of hydrogen-bond acceptors (Lipinski definition) is 3. The summed E-state index contributed by atoms with van der Waals surface area (Å²) in [5.41, 5.74) is 6.19. The summed E-state index contributed by atoms with van der Waals surface area (Å²) in [6.45, 7) is 1.65. The minimum absolute atomic E-state index is 0.0308. The Balaban J connectivity index is 1.83. The number of nitrogens with zero attached hydrogens (tertiary/aromatic N) is 1. The van der Waals surface area contributed by atoms with Crippen LogP contribution in [0.5, 0.6) is 0 Å². The topological polar surface area (TPSA) is 75.4 Å². The molecule has 0 radical (unpaired) electrons. The maximum atomic E-state index is 12.2. The first-order valence-corrected chi connectivity index (χ1v) is 7.93. The number of nitrogens with one attached hydrogen (secondary N) is 1. The number of hydrogen-bond donors (Lipinski definition) is 2. The van der Waals surface area contributed by atoms with Crippen molar-refractivity contribution in [1.82, 2.24) is 4.90 Å². The Morgan fingerprint density at radius 2 is 1.86 bits per heavy atom. The number of carbonyl (C=O) groups is 2. The standard InChI is InChI=1S/C15H20BrN3O2/c16-12-1-3-13(4-2-12)18-15(21)11-6-9-19(10-7-11)14(20)5-8-17/h1-4,11H,5-10,17H2,(H,18,21). The molecule has 0 aliphatic carbocycles. The number of piperidine rings is 1. The molecule has 114 valence electrons. The van der Waals surface area contributed by atoms with E-state index in [0.29, 0.717) is 38.9 Å². The van der Waals surface area contributed by atoms with E-state index in [1.165, 1.54) is 0 Å². The molecule has 2 rings (SSSR count). The van der Waals surface area contributed by atoms with Crippen molar-refractivity contribution in [2.75, 3.05) is 25.0 Å². The molecule has 3 N–H and O–H groups in total. The predicted octanol–water partition coefficient (Wildman–Crippen LogP) is 1.97. The average Bonchev–Trinajstić information content (AvgIpc) is 2.50. The summed E-state index contributed by atoms with van der Waals surface area (Å²) < 4.78 is 0.979. The second-order valence-corrected chi connectivity index (χ2v) is 6.11. The lowest BCUT2D eigenvalue weighted by Gasteiger charge is -2.31. The van der Waals surface area contributed by atoms with Crippen LogP contribution in [0.1, 0.15) is 19.3 Å². The highest BCUT2D eigenvalue weighted by molar-refractivity contribution is 9.10. The fourth-order valence-corrected chi connectivity index (χ4v) is 2.71. The summed E-state index contributed by atoms with van der Waals surface area (Å²) in [6, 6.07) is 7.51. The van der Waals surface area contributed by atoms with Crippen LogP contribution in [0.3, 0.4) is 0 Å². The lowest BCUT2D eigenvalue weighted by atomic mass is 9.95. The van der Waals surface area contributed by atoms with Gasteiger partial charge in [-0.3, -0.25) is 9.59 Å². The molecule has 0 saturated carbocycles. The molecular weight excluding hydrogens is 334 g/mol. The van der Waals surface area contributed by atoms with Crippen LogP contribution < -0.4 is 11.1 Å². The minimum Gasteiger partial charge on any atom is -0.343 e. The van der Waals surface area contributed by atoms with Gasteiger partial charge in [0.1, 0.15) is 0 Å². The zero-order valence-electron chi connectivity index (χ0n) is 11.8. The number of halogens is 1. The van der Waals surface area contributed by atoms with E-state index in [-0.39, 0.29) is 17.7 Å². The maximum Gasteiger partial charge on any atom is 0.227 e. The van der Waals surface area contributed by atoms with Crippen molar-refractivity contribution in [1.29, 1.82) is 0 Å². The number of carbonyl (C=O) groups excluding carboxylic acids is 2. The van der Waals surface area contributed by atoms with E-state index in [4.69, 9.17) is 5.73 Å². The van der Waals surface area contributed by atoms with Gasteiger partial charge in [-0.15, -0.1) is 0 Å². The van der Waals surface area contributed by atoms with Crippen molar-refractivity contribution in [2.45, 2.75) is 19.3 Å². The van der Waals surface area contributed by atoms with Gasteiger partial charge in [0, 0.05) is 42.1 Å². The van der Waals surface area contributed by atoms with Gasteiger partial charge in [0.05, 0.1) is 0 Å². The normalized spacial score (nSPS) is 15.8. The second-order valence-electron chi connectivity index (χ2n) is 5.19. The number of rotatable bonds is 4. The number of benzene rings is 1. The highest BCUT2D eigenvalue weighted by Gasteiger charge is 2.26. The molecule has 5 nitrogen and oxygen atoms in total. The Bertz CT molecular complexity index is 496. The molecule has 6 heteroatoms. The van der Waals surface area contributed by atoms with Crippen LogP contribution in [0.25, 0.3) is 0 Å². The zero-order valence-corrected chi connectivity index (χ0v) is 13.4. The summed E-state index contributed by atoms with van der Waals surface area (Å²) in [5, 5.41) is 2.92. The molecule has 0 atom stereocenters. The first-order chi connectivity index (χ1) is 10.1. The van der Waals surface area contributed by atoms with E-state index in [0.717, 1.165) is 10.2 Å². The Morgan fingerprint density at radius 1 is 1.24 bits per heavy atom. The van der Waals surface area contributed by atoms with Gasteiger partial charge in [0.2, 0.25) is 11.8 Å². The summed E-state index contributed by atoms with van der Waals surface area (Å²) >= 11 is 3.36. The first kappa shape index (κ1) is 16.0. The van der Waals surface area contributed by atoms with E-state index in [2.05, 4.69) is 21.2 Å². The van der Waals surface area contributed by atoms with Crippen LogP contribution in [0.15, 0.2) is 28.7 Å². The van der Waals surface area contributed by atoms with E-state index in [9.17, 15) is 9.59 Å². The van der Waals surface area contributed by atoms with Gasteiger partial charge in [0.15, 0.2) is 0 Å². The molecule has 1 aromatic rings. The Hall–Kier alpha value is -1.40. The number of nitrogens with two attached hydrogens (primary N) is 1. The second kappa shape index (κ2) is 7.56. The maximum absolute atomic E-state index is 12.2. The molecule has 0 bridgehead atoms.